The van der Waals surface area contributed by atoms with E-state index in [0.29, 0.717) is 30.8 Å². The maximum atomic E-state index is 12.0. The molecule has 2 aromatic carbocycles. The lowest BCUT2D eigenvalue weighted by atomic mass is 10.1. The second-order valence-corrected chi connectivity index (χ2v) is 5.80. The predicted octanol–water partition coefficient (Wildman–Crippen LogP) is 3.08. The summed E-state index contributed by atoms with van der Waals surface area (Å²) >= 11 is 0. The summed E-state index contributed by atoms with van der Waals surface area (Å²) in [6.07, 6.45) is 1.14. The van der Waals surface area contributed by atoms with Crippen molar-refractivity contribution in [2.75, 3.05) is 18.5 Å². The number of ether oxygens (including phenoxy) is 1. The van der Waals surface area contributed by atoms with Gasteiger partial charge in [0.2, 0.25) is 5.91 Å². The van der Waals surface area contributed by atoms with E-state index in [4.69, 9.17) is 4.74 Å². The molecule has 132 valence electrons. The van der Waals surface area contributed by atoms with Crippen molar-refractivity contribution in [1.82, 2.24) is 5.32 Å². The van der Waals surface area contributed by atoms with E-state index in [0.717, 1.165) is 5.56 Å². The van der Waals surface area contributed by atoms with Crippen LogP contribution in [0.15, 0.2) is 48.5 Å². The van der Waals surface area contributed by atoms with Gasteiger partial charge in [-0.15, -0.1) is 0 Å². The number of rotatable bonds is 8. The molecule has 5 heteroatoms. The first-order valence-corrected chi connectivity index (χ1v) is 8.42. The Morgan fingerprint density at radius 2 is 1.80 bits per heavy atom. The number of amides is 2. The molecule has 25 heavy (non-hydrogen) atoms. The number of carbonyl (C=O) groups excluding carboxylic acids is 2. The number of nitrogens with one attached hydrogen (secondary N) is 2. The molecular weight excluding hydrogens is 316 g/mol. The van der Waals surface area contributed by atoms with Crippen LogP contribution in [-0.2, 0) is 16.0 Å². The third kappa shape index (κ3) is 6.67. The van der Waals surface area contributed by atoms with Crippen LogP contribution in [0.4, 0.5) is 5.69 Å². The van der Waals surface area contributed by atoms with E-state index in [1.54, 1.807) is 24.3 Å². The van der Waals surface area contributed by atoms with Crippen molar-refractivity contribution >= 4 is 17.5 Å². The number of benzene rings is 2. The molecule has 0 atom stereocenters. The predicted molar refractivity (Wildman–Crippen MR) is 98.8 cm³/mol. The molecule has 0 radical (unpaired) electrons. The molecule has 2 amide bonds. The first-order chi connectivity index (χ1) is 12.1. The number of anilines is 1. The Morgan fingerprint density at radius 3 is 2.48 bits per heavy atom. The van der Waals surface area contributed by atoms with Gasteiger partial charge in [0, 0.05) is 18.7 Å². The molecule has 0 saturated heterocycles. The van der Waals surface area contributed by atoms with E-state index in [9.17, 15) is 9.59 Å². The molecule has 2 aromatic rings. The summed E-state index contributed by atoms with van der Waals surface area (Å²) in [6.45, 7) is 4.46. The van der Waals surface area contributed by atoms with Crippen LogP contribution in [-0.4, -0.2) is 25.0 Å². The second-order valence-electron chi connectivity index (χ2n) is 5.80. The molecule has 2 N–H and O–H groups in total. The molecule has 0 bridgehead atoms. The van der Waals surface area contributed by atoms with Crippen LogP contribution in [0.25, 0.3) is 0 Å². The lowest BCUT2D eigenvalue weighted by molar-refractivity contribution is -0.123. The van der Waals surface area contributed by atoms with Gasteiger partial charge in [-0.3, -0.25) is 9.59 Å². The summed E-state index contributed by atoms with van der Waals surface area (Å²) in [5.74, 6) is 0.400. The van der Waals surface area contributed by atoms with Crippen molar-refractivity contribution in [3.05, 3.63) is 59.7 Å². The topological polar surface area (TPSA) is 67.4 Å². The zero-order valence-corrected chi connectivity index (χ0v) is 14.7. The van der Waals surface area contributed by atoms with Gasteiger partial charge in [0.25, 0.3) is 5.91 Å². The largest absolute Gasteiger partial charge is 0.484 e. The van der Waals surface area contributed by atoms with Gasteiger partial charge in [-0.05, 0) is 50.1 Å². The molecule has 0 saturated carbocycles. The smallest absolute Gasteiger partial charge is 0.257 e. The molecule has 0 aliphatic heterocycles. The van der Waals surface area contributed by atoms with Crippen LogP contribution in [0, 0.1) is 6.92 Å². The SMILES string of the molecule is CCNC(=O)COc1ccc(NC(=O)CCc2cccc(C)c2)cc1. The van der Waals surface area contributed by atoms with E-state index in [-0.39, 0.29) is 18.4 Å². The fourth-order valence-corrected chi connectivity index (χ4v) is 2.38. The fourth-order valence-electron chi connectivity index (χ4n) is 2.38. The van der Waals surface area contributed by atoms with Crippen molar-refractivity contribution < 1.29 is 14.3 Å². The van der Waals surface area contributed by atoms with Crippen molar-refractivity contribution in [3.63, 3.8) is 0 Å². The van der Waals surface area contributed by atoms with E-state index < -0.39 is 0 Å². The number of carbonyl (C=O) groups is 2. The minimum atomic E-state index is -0.156. The Balaban J connectivity index is 1.78. The van der Waals surface area contributed by atoms with Crippen LogP contribution in [0.2, 0.25) is 0 Å². The highest BCUT2D eigenvalue weighted by atomic mass is 16.5. The molecular formula is C20H24N2O3. The maximum Gasteiger partial charge on any atom is 0.257 e. The lowest BCUT2D eigenvalue weighted by Crippen LogP contribution is -2.28. The monoisotopic (exact) mass is 340 g/mol. The third-order valence-corrected chi connectivity index (χ3v) is 3.61. The van der Waals surface area contributed by atoms with Crippen LogP contribution in [0.5, 0.6) is 5.75 Å². The van der Waals surface area contributed by atoms with Crippen LogP contribution < -0.4 is 15.4 Å². The Hall–Kier alpha value is -2.82. The lowest BCUT2D eigenvalue weighted by Gasteiger charge is -2.08. The quantitative estimate of drug-likeness (QED) is 0.776. The summed E-state index contributed by atoms with van der Waals surface area (Å²) in [5.41, 5.74) is 3.06. The Labute approximate surface area is 148 Å². The fraction of sp³-hybridized carbons (Fsp3) is 0.300. The van der Waals surface area contributed by atoms with Gasteiger partial charge in [-0.25, -0.2) is 0 Å². The van der Waals surface area contributed by atoms with Crippen molar-refractivity contribution in [2.24, 2.45) is 0 Å². The molecule has 0 fully saturated rings. The minimum Gasteiger partial charge on any atom is -0.484 e. The maximum absolute atomic E-state index is 12.0. The number of hydrogen-bond acceptors (Lipinski definition) is 3. The molecule has 5 nitrogen and oxygen atoms in total. The Bertz CT molecular complexity index is 711. The average Bonchev–Trinajstić information content (AvgIpc) is 2.60. The molecule has 0 unspecified atom stereocenters. The molecule has 0 aliphatic rings. The normalized spacial score (nSPS) is 10.2. The number of hydrogen-bond donors (Lipinski definition) is 2. The standard InChI is InChI=1S/C20H24N2O3/c1-3-21-20(24)14-25-18-10-8-17(9-11-18)22-19(23)12-7-16-6-4-5-15(2)13-16/h4-6,8-11,13H,3,7,12,14H2,1-2H3,(H,21,24)(H,22,23). The van der Waals surface area contributed by atoms with Crippen molar-refractivity contribution in [1.29, 1.82) is 0 Å². The van der Waals surface area contributed by atoms with E-state index in [2.05, 4.69) is 16.7 Å². The second kappa shape index (κ2) is 9.47. The third-order valence-electron chi connectivity index (χ3n) is 3.61. The van der Waals surface area contributed by atoms with Gasteiger partial charge < -0.3 is 15.4 Å². The molecule has 2 rings (SSSR count). The summed E-state index contributed by atoms with van der Waals surface area (Å²) < 4.78 is 5.37. The van der Waals surface area contributed by atoms with Crippen molar-refractivity contribution in [2.45, 2.75) is 26.7 Å². The van der Waals surface area contributed by atoms with Gasteiger partial charge in [-0.1, -0.05) is 29.8 Å². The van der Waals surface area contributed by atoms with E-state index in [1.165, 1.54) is 5.56 Å². The Kier molecular flexibility index (Phi) is 7.01. The number of aryl methyl sites for hydroxylation is 2. The van der Waals surface area contributed by atoms with Crippen LogP contribution >= 0.6 is 0 Å². The first-order valence-electron chi connectivity index (χ1n) is 8.42. The highest BCUT2D eigenvalue weighted by Gasteiger charge is 2.05. The molecule has 0 aromatic heterocycles. The van der Waals surface area contributed by atoms with Gasteiger partial charge in [0.05, 0.1) is 0 Å². The van der Waals surface area contributed by atoms with E-state index in [1.807, 2.05) is 32.0 Å². The van der Waals surface area contributed by atoms with Gasteiger partial charge >= 0.3 is 0 Å². The average molecular weight is 340 g/mol. The van der Waals surface area contributed by atoms with E-state index >= 15 is 0 Å². The molecule has 0 spiro atoms. The molecule has 0 heterocycles. The van der Waals surface area contributed by atoms with Gasteiger partial charge in [0.1, 0.15) is 5.75 Å². The minimum absolute atomic E-state index is 0.0178. The van der Waals surface area contributed by atoms with Crippen LogP contribution in [0.3, 0.4) is 0 Å². The summed E-state index contributed by atoms with van der Waals surface area (Å²) in [5, 5.41) is 5.53. The van der Waals surface area contributed by atoms with Gasteiger partial charge in [-0.2, -0.15) is 0 Å². The highest BCUT2D eigenvalue weighted by Crippen LogP contribution is 2.16. The van der Waals surface area contributed by atoms with Crippen molar-refractivity contribution in [3.8, 4) is 5.75 Å². The van der Waals surface area contributed by atoms with Crippen LogP contribution in [0.1, 0.15) is 24.5 Å². The highest BCUT2D eigenvalue weighted by molar-refractivity contribution is 5.90. The first kappa shape index (κ1) is 18.5. The zero-order valence-electron chi connectivity index (χ0n) is 14.7. The zero-order chi connectivity index (χ0) is 18.1. The molecule has 0 aliphatic carbocycles. The Morgan fingerprint density at radius 1 is 1.04 bits per heavy atom. The number of likely N-dealkylation sites (N-methyl/N-ethyl adjacent to an activating group) is 1. The summed E-state index contributed by atoms with van der Waals surface area (Å²) in [7, 11) is 0. The summed E-state index contributed by atoms with van der Waals surface area (Å²) in [4.78, 5) is 23.4. The van der Waals surface area contributed by atoms with Gasteiger partial charge in [0.15, 0.2) is 6.61 Å². The summed E-state index contributed by atoms with van der Waals surface area (Å²) in [6, 6.07) is 15.1.